The molecule has 0 bridgehead atoms. The summed E-state index contributed by atoms with van der Waals surface area (Å²) < 4.78 is 20.7. The molecule has 2 aliphatic rings. The first-order chi connectivity index (χ1) is 14.1. The molecule has 2 heterocycles. The molecular weight excluding hydrogens is 367 g/mol. The number of benzene rings is 1. The summed E-state index contributed by atoms with van der Waals surface area (Å²) in [6.07, 6.45) is 7.21. The van der Waals surface area contributed by atoms with Gasteiger partial charge in [0.1, 0.15) is 11.6 Å². The van der Waals surface area contributed by atoms with Gasteiger partial charge in [0, 0.05) is 35.9 Å². The highest BCUT2D eigenvalue weighted by Gasteiger charge is 2.22. The second-order valence-electron chi connectivity index (χ2n) is 7.33. The summed E-state index contributed by atoms with van der Waals surface area (Å²) in [5.41, 5.74) is 3.96. The van der Waals surface area contributed by atoms with Crippen molar-refractivity contribution < 1.29 is 9.13 Å². The molecule has 1 aromatic carbocycles. The molecule has 4 rings (SSSR count). The van der Waals surface area contributed by atoms with E-state index in [1.165, 1.54) is 0 Å². The molecule has 3 N–H and O–H groups in total. The number of ether oxygens (including phenoxy) is 1. The number of allylic oxidation sites excluding steroid dienone is 4. The highest BCUT2D eigenvalue weighted by atomic mass is 19.1. The Kier molecular flexibility index (Phi) is 5.45. The normalized spacial score (nSPS) is 19.3. The fourth-order valence-electron chi connectivity index (χ4n) is 4.02. The lowest BCUT2D eigenvalue weighted by Gasteiger charge is -2.24. The highest BCUT2D eigenvalue weighted by Crippen LogP contribution is 2.33. The molecule has 0 radical (unpaired) electrons. The highest BCUT2D eigenvalue weighted by molar-refractivity contribution is 6.13. The zero-order chi connectivity index (χ0) is 20.4. The van der Waals surface area contributed by atoms with Gasteiger partial charge in [-0.2, -0.15) is 0 Å². The number of aromatic nitrogens is 1. The first-order valence-corrected chi connectivity index (χ1v) is 9.86. The molecule has 0 atom stereocenters. The summed E-state index contributed by atoms with van der Waals surface area (Å²) in [5.74, 6) is 0.665. The molecular formula is C23H25FN4O. The number of methoxy groups -OCH3 is 1. The van der Waals surface area contributed by atoms with E-state index in [-0.39, 0.29) is 11.7 Å². The van der Waals surface area contributed by atoms with Crippen molar-refractivity contribution in [1.82, 2.24) is 15.6 Å². The summed E-state index contributed by atoms with van der Waals surface area (Å²) in [4.78, 5) is 4.70. The second kappa shape index (κ2) is 8.17. The van der Waals surface area contributed by atoms with Gasteiger partial charge in [0.05, 0.1) is 24.0 Å². The molecule has 2 aromatic rings. The summed E-state index contributed by atoms with van der Waals surface area (Å²) >= 11 is 0. The summed E-state index contributed by atoms with van der Waals surface area (Å²) in [6.45, 7) is 1.86. The smallest absolute Gasteiger partial charge is 0.136 e. The molecule has 1 fully saturated rings. The van der Waals surface area contributed by atoms with Crippen LogP contribution in [0.3, 0.4) is 0 Å². The van der Waals surface area contributed by atoms with Crippen LogP contribution in [-0.2, 0) is 4.74 Å². The third-order valence-electron chi connectivity index (χ3n) is 5.56. The molecule has 0 spiro atoms. The second-order valence-corrected chi connectivity index (χ2v) is 7.33. The lowest BCUT2D eigenvalue weighted by molar-refractivity contribution is 0.311. The van der Waals surface area contributed by atoms with E-state index in [4.69, 9.17) is 15.1 Å². The predicted molar refractivity (Wildman–Crippen MR) is 114 cm³/mol. The Morgan fingerprint density at radius 2 is 2.00 bits per heavy atom. The van der Waals surface area contributed by atoms with Gasteiger partial charge in [-0.3, -0.25) is 0 Å². The molecule has 6 heteroatoms. The van der Waals surface area contributed by atoms with E-state index in [1.54, 1.807) is 32.5 Å². The third-order valence-corrected chi connectivity index (χ3v) is 5.56. The Labute approximate surface area is 169 Å². The molecule has 29 heavy (non-hydrogen) atoms. The predicted octanol–water partition coefficient (Wildman–Crippen LogP) is 3.89. The van der Waals surface area contributed by atoms with E-state index in [9.17, 15) is 0 Å². The minimum absolute atomic E-state index is 0.161. The molecule has 1 aliphatic carbocycles. The molecule has 0 amide bonds. The average Bonchev–Trinajstić information content (AvgIpc) is 2.75. The van der Waals surface area contributed by atoms with Crippen LogP contribution in [0.4, 0.5) is 4.39 Å². The number of hydrogen-bond acceptors (Lipinski definition) is 5. The molecule has 150 valence electrons. The lowest BCUT2D eigenvalue weighted by Crippen LogP contribution is -2.27. The molecule has 5 nitrogen and oxygen atoms in total. The van der Waals surface area contributed by atoms with Gasteiger partial charge in [-0.1, -0.05) is 6.07 Å². The summed E-state index contributed by atoms with van der Waals surface area (Å²) in [7, 11) is 3.37. The molecule has 0 saturated carbocycles. The Morgan fingerprint density at radius 1 is 1.21 bits per heavy atom. The largest absolute Gasteiger partial charge is 0.496 e. The Morgan fingerprint density at radius 3 is 2.72 bits per heavy atom. The van der Waals surface area contributed by atoms with Crippen molar-refractivity contribution in [2.45, 2.75) is 18.8 Å². The fourth-order valence-corrected chi connectivity index (χ4v) is 4.02. The van der Waals surface area contributed by atoms with Crippen LogP contribution in [-0.4, -0.2) is 37.9 Å². The Bertz CT molecular complexity index is 1050. The maximum absolute atomic E-state index is 15.2. The SMILES string of the molecule is CN/C=C1/C=C(c2ccc3c(F)c(C4CCNCC4)ccc3n2)C(OC)=CC1=N. The van der Waals surface area contributed by atoms with Gasteiger partial charge in [-0.15, -0.1) is 0 Å². The van der Waals surface area contributed by atoms with Gasteiger partial charge < -0.3 is 20.8 Å². The Balaban J connectivity index is 1.75. The van der Waals surface area contributed by atoms with E-state index < -0.39 is 0 Å². The average molecular weight is 392 g/mol. The van der Waals surface area contributed by atoms with Crippen molar-refractivity contribution in [3.05, 3.63) is 71.0 Å². The zero-order valence-corrected chi connectivity index (χ0v) is 16.7. The summed E-state index contributed by atoms with van der Waals surface area (Å²) in [5, 5.41) is 15.0. The van der Waals surface area contributed by atoms with Crippen LogP contribution in [0.1, 0.15) is 30.0 Å². The van der Waals surface area contributed by atoms with Crippen LogP contribution in [0.25, 0.3) is 16.5 Å². The number of hydrogen-bond donors (Lipinski definition) is 3. The first kappa shape index (κ1) is 19.3. The lowest BCUT2D eigenvalue weighted by atomic mass is 9.89. The number of nitrogens with one attached hydrogen (secondary N) is 3. The number of piperidine rings is 1. The Hall–Kier alpha value is -2.99. The van der Waals surface area contributed by atoms with Crippen LogP contribution < -0.4 is 10.6 Å². The number of halogens is 1. The van der Waals surface area contributed by atoms with Crippen molar-refractivity contribution in [3.8, 4) is 0 Å². The maximum atomic E-state index is 15.2. The number of fused-ring (bicyclic) bond motifs is 1. The fraction of sp³-hybridized carbons (Fsp3) is 0.304. The van der Waals surface area contributed by atoms with E-state index in [2.05, 4.69) is 10.6 Å². The van der Waals surface area contributed by atoms with Crippen molar-refractivity contribution in [3.63, 3.8) is 0 Å². The van der Waals surface area contributed by atoms with Crippen LogP contribution in [0.15, 0.2) is 53.9 Å². The van der Waals surface area contributed by atoms with Crippen LogP contribution in [0.5, 0.6) is 0 Å². The van der Waals surface area contributed by atoms with Gasteiger partial charge in [-0.05, 0) is 61.7 Å². The number of nitrogens with zero attached hydrogens (tertiary/aromatic N) is 1. The number of rotatable bonds is 4. The number of pyridine rings is 1. The zero-order valence-electron chi connectivity index (χ0n) is 16.7. The molecule has 1 aliphatic heterocycles. The van der Waals surface area contributed by atoms with E-state index in [1.807, 2.05) is 24.3 Å². The van der Waals surface area contributed by atoms with E-state index in [0.29, 0.717) is 28.1 Å². The van der Waals surface area contributed by atoms with Gasteiger partial charge in [0.15, 0.2) is 0 Å². The van der Waals surface area contributed by atoms with E-state index in [0.717, 1.165) is 42.6 Å². The molecule has 0 unspecified atom stereocenters. The molecule has 1 saturated heterocycles. The van der Waals surface area contributed by atoms with Crippen LogP contribution >= 0.6 is 0 Å². The van der Waals surface area contributed by atoms with Gasteiger partial charge in [0.2, 0.25) is 0 Å². The first-order valence-electron chi connectivity index (χ1n) is 9.86. The third kappa shape index (κ3) is 3.68. The van der Waals surface area contributed by atoms with Crippen molar-refractivity contribution >= 4 is 22.2 Å². The quantitative estimate of drug-likeness (QED) is 0.738. The van der Waals surface area contributed by atoms with Crippen molar-refractivity contribution in [2.24, 2.45) is 0 Å². The van der Waals surface area contributed by atoms with Crippen LogP contribution in [0, 0.1) is 11.2 Å². The minimum atomic E-state index is -0.161. The summed E-state index contributed by atoms with van der Waals surface area (Å²) in [6, 6.07) is 7.41. The van der Waals surface area contributed by atoms with Gasteiger partial charge in [-0.25, -0.2) is 9.37 Å². The van der Waals surface area contributed by atoms with E-state index >= 15 is 4.39 Å². The molecule has 1 aromatic heterocycles. The van der Waals surface area contributed by atoms with Gasteiger partial charge in [0.25, 0.3) is 0 Å². The van der Waals surface area contributed by atoms with Gasteiger partial charge >= 0.3 is 0 Å². The minimum Gasteiger partial charge on any atom is -0.496 e. The van der Waals surface area contributed by atoms with Crippen molar-refractivity contribution in [2.75, 3.05) is 27.2 Å². The monoisotopic (exact) mass is 392 g/mol. The standard InChI is InChI=1S/C23H25FN4O/c1-26-13-15-11-18(22(29-2)12-19(15)25)21-6-4-17-20(28-21)5-3-16(23(17)24)14-7-9-27-10-8-14/h3-6,11-14,25-27H,7-10H2,1-2H3/b15-13-,25-19?. The van der Waals surface area contributed by atoms with Crippen LogP contribution in [0.2, 0.25) is 0 Å². The van der Waals surface area contributed by atoms with Crippen molar-refractivity contribution in [1.29, 1.82) is 5.41 Å². The topological polar surface area (TPSA) is 70.0 Å². The maximum Gasteiger partial charge on any atom is 0.136 e.